The summed E-state index contributed by atoms with van der Waals surface area (Å²) >= 11 is 6.91. The second kappa shape index (κ2) is 6.39. The Morgan fingerprint density at radius 2 is 1.84 bits per heavy atom. The van der Waals surface area contributed by atoms with Gasteiger partial charge in [0.15, 0.2) is 0 Å². The molecule has 5 heteroatoms. The summed E-state index contributed by atoms with van der Waals surface area (Å²) in [5.74, 6) is 0.511. The lowest BCUT2D eigenvalue weighted by Crippen LogP contribution is -2.00. The van der Waals surface area contributed by atoms with Gasteiger partial charge in [0.2, 0.25) is 0 Å². The highest BCUT2D eigenvalue weighted by Crippen LogP contribution is 2.34. The molecule has 2 rings (SSSR count). The second-order valence-electron chi connectivity index (χ2n) is 3.96. The van der Waals surface area contributed by atoms with Crippen LogP contribution in [-0.4, -0.2) is 7.11 Å². The van der Waals surface area contributed by atoms with Crippen LogP contribution in [0.3, 0.4) is 0 Å². The highest BCUT2D eigenvalue weighted by Gasteiger charge is 2.07. The molecule has 0 saturated carbocycles. The van der Waals surface area contributed by atoms with E-state index in [0.717, 1.165) is 25.9 Å². The van der Waals surface area contributed by atoms with Gasteiger partial charge in [-0.3, -0.25) is 0 Å². The lowest BCUT2D eigenvalue weighted by Gasteiger charge is -2.11. The van der Waals surface area contributed by atoms with Gasteiger partial charge in [-0.2, -0.15) is 0 Å². The summed E-state index contributed by atoms with van der Waals surface area (Å²) in [4.78, 5) is 0. The predicted molar refractivity (Wildman–Crippen MR) is 82.1 cm³/mol. The molecular formula is C14H12Br2FNO. The van der Waals surface area contributed by atoms with Crippen molar-refractivity contribution >= 4 is 37.5 Å². The standard InChI is InChI=1S/C14H12Br2FNO/c1-19-14-12(15)5-9(6-13(14)16)8-18-11-4-2-3-10(17)7-11/h2-7,18H,8H2,1H3. The van der Waals surface area contributed by atoms with Crippen LogP contribution in [0.5, 0.6) is 5.75 Å². The van der Waals surface area contributed by atoms with Crippen LogP contribution in [-0.2, 0) is 6.54 Å². The molecule has 0 unspecified atom stereocenters. The largest absolute Gasteiger partial charge is 0.494 e. The Bertz CT molecular complexity index is 566. The van der Waals surface area contributed by atoms with Crippen LogP contribution in [0, 0.1) is 5.82 Å². The van der Waals surface area contributed by atoms with Crippen molar-refractivity contribution in [2.24, 2.45) is 0 Å². The average molecular weight is 389 g/mol. The summed E-state index contributed by atoms with van der Waals surface area (Å²) in [6.07, 6.45) is 0. The van der Waals surface area contributed by atoms with Gasteiger partial charge >= 0.3 is 0 Å². The quantitative estimate of drug-likeness (QED) is 0.798. The molecule has 0 spiro atoms. The van der Waals surface area contributed by atoms with Gasteiger partial charge in [-0.05, 0) is 67.8 Å². The molecule has 0 heterocycles. The second-order valence-corrected chi connectivity index (χ2v) is 5.67. The summed E-state index contributed by atoms with van der Waals surface area (Å²) < 4.78 is 20.0. The highest BCUT2D eigenvalue weighted by atomic mass is 79.9. The van der Waals surface area contributed by atoms with E-state index in [0.29, 0.717) is 6.54 Å². The molecule has 100 valence electrons. The van der Waals surface area contributed by atoms with Crippen molar-refractivity contribution in [2.45, 2.75) is 6.54 Å². The minimum absolute atomic E-state index is 0.248. The maximum atomic E-state index is 13.0. The van der Waals surface area contributed by atoms with Crippen LogP contribution in [0.2, 0.25) is 0 Å². The number of anilines is 1. The van der Waals surface area contributed by atoms with E-state index >= 15 is 0 Å². The van der Waals surface area contributed by atoms with Gasteiger partial charge < -0.3 is 10.1 Å². The molecule has 0 aliphatic carbocycles. The number of hydrogen-bond acceptors (Lipinski definition) is 2. The summed E-state index contributed by atoms with van der Waals surface area (Å²) in [5.41, 5.74) is 1.81. The maximum Gasteiger partial charge on any atom is 0.147 e. The molecule has 0 fully saturated rings. The summed E-state index contributed by atoms with van der Waals surface area (Å²) in [6.45, 7) is 0.602. The first-order valence-corrected chi connectivity index (χ1v) is 7.20. The zero-order valence-corrected chi connectivity index (χ0v) is 13.4. The first kappa shape index (κ1) is 14.3. The Balaban J connectivity index is 2.12. The molecule has 0 bridgehead atoms. The molecule has 0 saturated heterocycles. The van der Waals surface area contributed by atoms with E-state index in [9.17, 15) is 4.39 Å². The molecule has 1 N–H and O–H groups in total. The van der Waals surface area contributed by atoms with Crippen molar-refractivity contribution in [3.05, 3.63) is 56.7 Å². The Labute approximate surface area is 128 Å². The number of hydrogen-bond donors (Lipinski definition) is 1. The van der Waals surface area contributed by atoms with Crippen molar-refractivity contribution < 1.29 is 9.13 Å². The molecule has 0 atom stereocenters. The normalized spacial score (nSPS) is 10.3. The molecule has 2 aromatic rings. The van der Waals surface area contributed by atoms with Crippen LogP contribution < -0.4 is 10.1 Å². The van der Waals surface area contributed by atoms with E-state index in [4.69, 9.17) is 4.74 Å². The minimum atomic E-state index is -0.248. The Hall–Kier alpha value is -1.07. The summed E-state index contributed by atoms with van der Waals surface area (Å²) in [6, 6.07) is 10.3. The molecule has 0 aromatic heterocycles. The molecule has 19 heavy (non-hydrogen) atoms. The fourth-order valence-electron chi connectivity index (χ4n) is 1.71. The number of methoxy groups -OCH3 is 1. The number of benzene rings is 2. The third kappa shape index (κ3) is 3.70. The third-order valence-corrected chi connectivity index (χ3v) is 3.76. The third-order valence-electron chi connectivity index (χ3n) is 2.58. The Morgan fingerprint density at radius 3 is 2.42 bits per heavy atom. The van der Waals surface area contributed by atoms with Crippen LogP contribution >= 0.6 is 31.9 Å². The van der Waals surface area contributed by atoms with Crippen LogP contribution in [0.1, 0.15) is 5.56 Å². The fraction of sp³-hybridized carbons (Fsp3) is 0.143. The average Bonchev–Trinajstić information content (AvgIpc) is 2.36. The van der Waals surface area contributed by atoms with Gasteiger partial charge in [-0.25, -0.2) is 4.39 Å². The first-order valence-electron chi connectivity index (χ1n) is 5.61. The van der Waals surface area contributed by atoms with Crippen LogP contribution in [0.4, 0.5) is 10.1 Å². The molecule has 0 aliphatic heterocycles. The lowest BCUT2D eigenvalue weighted by atomic mass is 10.2. The predicted octanol–water partition coefficient (Wildman–Crippen LogP) is 4.97. The van der Waals surface area contributed by atoms with Gasteiger partial charge in [0.05, 0.1) is 16.1 Å². The van der Waals surface area contributed by atoms with Crippen molar-refractivity contribution in [1.29, 1.82) is 0 Å². The first-order chi connectivity index (χ1) is 9.10. The molecule has 2 nitrogen and oxygen atoms in total. The van der Waals surface area contributed by atoms with Crippen molar-refractivity contribution in [2.75, 3.05) is 12.4 Å². The van der Waals surface area contributed by atoms with Crippen molar-refractivity contribution in [3.63, 3.8) is 0 Å². The molecule has 2 aromatic carbocycles. The van der Waals surface area contributed by atoms with Crippen LogP contribution in [0.15, 0.2) is 45.3 Å². The molecule has 0 amide bonds. The zero-order chi connectivity index (χ0) is 13.8. The number of rotatable bonds is 4. The van der Waals surface area contributed by atoms with E-state index in [1.807, 2.05) is 18.2 Å². The number of halogens is 3. The van der Waals surface area contributed by atoms with Crippen molar-refractivity contribution in [1.82, 2.24) is 0 Å². The van der Waals surface area contributed by atoms with Gasteiger partial charge in [0.1, 0.15) is 11.6 Å². The van der Waals surface area contributed by atoms with Gasteiger partial charge in [0.25, 0.3) is 0 Å². The van der Waals surface area contributed by atoms with E-state index in [2.05, 4.69) is 37.2 Å². The maximum absolute atomic E-state index is 13.0. The van der Waals surface area contributed by atoms with E-state index in [1.165, 1.54) is 12.1 Å². The smallest absolute Gasteiger partial charge is 0.147 e. The minimum Gasteiger partial charge on any atom is -0.494 e. The summed E-state index contributed by atoms with van der Waals surface area (Å²) in [7, 11) is 1.62. The SMILES string of the molecule is COc1c(Br)cc(CNc2cccc(F)c2)cc1Br. The molecule has 0 radical (unpaired) electrons. The fourth-order valence-corrected chi connectivity index (χ4v) is 3.32. The molecule has 0 aliphatic rings. The van der Waals surface area contributed by atoms with E-state index < -0.39 is 0 Å². The van der Waals surface area contributed by atoms with Gasteiger partial charge in [-0.1, -0.05) is 6.07 Å². The zero-order valence-electron chi connectivity index (χ0n) is 10.2. The van der Waals surface area contributed by atoms with Crippen LogP contribution in [0.25, 0.3) is 0 Å². The monoisotopic (exact) mass is 387 g/mol. The highest BCUT2D eigenvalue weighted by molar-refractivity contribution is 9.11. The van der Waals surface area contributed by atoms with E-state index in [-0.39, 0.29) is 5.82 Å². The Morgan fingerprint density at radius 1 is 1.16 bits per heavy atom. The van der Waals surface area contributed by atoms with Gasteiger partial charge in [0, 0.05) is 12.2 Å². The summed E-state index contributed by atoms with van der Waals surface area (Å²) in [5, 5.41) is 3.17. The number of ether oxygens (including phenoxy) is 1. The van der Waals surface area contributed by atoms with Gasteiger partial charge in [-0.15, -0.1) is 0 Å². The molecular weight excluding hydrogens is 377 g/mol. The van der Waals surface area contributed by atoms with Crippen molar-refractivity contribution in [3.8, 4) is 5.75 Å². The number of nitrogens with one attached hydrogen (secondary N) is 1. The Kier molecular flexibility index (Phi) is 4.82. The van der Waals surface area contributed by atoms with E-state index in [1.54, 1.807) is 13.2 Å². The lowest BCUT2D eigenvalue weighted by molar-refractivity contribution is 0.409. The topological polar surface area (TPSA) is 21.3 Å².